The van der Waals surface area contributed by atoms with Gasteiger partial charge >= 0.3 is 0 Å². The first-order valence-corrected chi connectivity index (χ1v) is 4.52. The first kappa shape index (κ1) is 11.3. The first-order valence-electron chi connectivity index (χ1n) is 4.52. The zero-order chi connectivity index (χ0) is 11.1. The van der Waals surface area contributed by atoms with Crippen LogP contribution in [0.3, 0.4) is 0 Å². The molecule has 0 saturated heterocycles. The van der Waals surface area contributed by atoms with Crippen molar-refractivity contribution in [1.29, 1.82) is 5.41 Å². The Morgan fingerprint density at radius 2 is 2.40 bits per heavy atom. The lowest BCUT2D eigenvalue weighted by Crippen LogP contribution is -1.94. The second kappa shape index (κ2) is 5.82. The van der Waals surface area contributed by atoms with Gasteiger partial charge in [-0.1, -0.05) is 6.08 Å². The van der Waals surface area contributed by atoms with Crippen LogP contribution in [0.25, 0.3) is 5.70 Å². The Morgan fingerprint density at radius 3 is 3.07 bits per heavy atom. The Kier molecular flexibility index (Phi) is 4.37. The fraction of sp³-hybridized carbons (Fsp3) is 0.182. The predicted octanol–water partition coefficient (Wildman–Crippen LogP) is 1.93. The third-order valence-electron chi connectivity index (χ3n) is 1.69. The molecule has 0 aromatic carbocycles. The van der Waals surface area contributed by atoms with Gasteiger partial charge in [0.15, 0.2) is 0 Å². The molecule has 0 aliphatic rings. The summed E-state index contributed by atoms with van der Waals surface area (Å²) in [4.78, 5) is 0. The molecular weight excluding hydrogens is 192 g/mol. The second-order valence-corrected chi connectivity index (χ2v) is 2.86. The van der Waals surface area contributed by atoms with E-state index in [4.69, 9.17) is 20.3 Å². The molecule has 0 atom stereocenters. The summed E-state index contributed by atoms with van der Waals surface area (Å²) >= 11 is 0. The molecule has 15 heavy (non-hydrogen) atoms. The standard InChI is InChI=1S/C11H14N2O2/c1-2-7-14-8-9-3-4-11(15-9)10(13)5-6-12/h2-6,12H,1,7-8,13H2/b10-5-,12-6?. The van der Waals surface area contributed by atoms with E-state index in [1.165, 1.54) is 6.08 Å². The first-order chi connectivity index (χ1) is 7.27. The topological polar surface area (TPSA) is 72.2 Å². The van der Waals surface area contributed by atoms with E-state index in [2.05, 4.69) is 6.58 Å². The van der Waals surface area contributed by atoms with Crippen LogP contribution in [-0.4, -0.2) is 12.8 Å². The van der Waals surface area contributed by atoms with E-state index in [9.17, 15) is 0 Å². The Balaban J connectivity index is 2.59. The number of rotatable bonds is 6. The van der Waals surface area contributed by atoms with Gasteiger partial charge in [0.2, 0.25) is 0 Å². The summed E-state index contributed by atoms with van der Waals surface area (Å²) in [5, 5.41) is 6.87. The molecule has 3 N–H and O–H groups in total. The van der Waals surface area contributed by atoms with Crippen LogP contribution < -0.4 is 5.73 Å². The summed E-state index contributed by atoms with van der Waals surface area (Å²) in [6.45, 7) is 4.42. The zero-order valence-corrected chi connectivity index (χ0v) is 8.40. The summed E-state index contributed by atoms with van der Waals surface area (Å²) < 4.78 is 10.6. The molecule has 0 unspecified atom stereocenters. The minimum absolute atomic E-state index is 0.393. The van der Waals surface area contributed by atoms with Crippen molar-refractivity contribution in [2.24, 2.45) is 5.73 Å². The van der Waals surface area contributed by atoms with E-state index in [0.717, 1.165) is 6.21 Å². The highest BCUT2D eigenvalue weighted by Crippen LogP contribution is 2.14. The van der Waals surface area contributed by atoms with Gasteiger partial charge in [-0.2, -0.15) is 0 Å². The molecule has 0 saturated carbocycles. The lowest BCUT2D eigenvalue weighted by atomic mass is 10.3. The van der Waals surface area contributed by atoms with E-state index in [0.29, 0.717) is 30.4 Å². The van der Waals surface area contributed by atoms with Crippen molar-refractivity contribution in [2.45, 2.75) is 6.61 Å². The summed E-state index contributed by atoms with van der Waals surface area (Å²) in [7, 11) is 0. The average molecular weight is 206 g/mol. The number of allylic oxidation sites excluding steroid dienone is 1. The molecule has 0 aliphatic carbocycles. The molecular formula is C11H14N2O2. The highest BCUT2D eigenvalue weighted by atomic mass is 16.5. The van der Waals surface area contributed by atoms with Gasteiger partial charge in [-0.25, -0.2) is 0 Å². The molecule has 1 rings (SSSR count). The van der Waals surface area contributed by atoms with Crippen LogP contribution in [-0.2, 0) is 11.3 Å². The smallest absolute Gasteiger partial charge is 0.150 e. The molecule has 1 aromatic rings. The Labute approximate surface area is 88.5 Å². The molecule has 1 heterocycles. The monoisotopic (exact) mass is 206 g/mol. The van der Waals surface area contributed by atoms with E-state index in [-0.39, 0.29) is 0 Å². The zero-order valence-electron chi connectivity index (χ0n) is 8.40. The quantitative estimate of drug-likeness (QED) is 0.424. The van der Waals surface area contributed by atoms with Crippen molar-refractivity contribution >= 4 is 11.9 Å². The van der Waals surface area contributed by atoms with Crippen LogP contribution in [0.2, 0.25) is 0 Å². The molecule has 0 radical (unpaired) electrons. The number of hydrogen-bond donors (Lipinski definition) is 2. The summed E-state index contributed by atoms with van der Waals surface area (Å²) in [6, 6.07) is 3.55. The van der Waals surface area contributed by atoms with E-state index < -0.39 is 0 Å². The highest BCUT2D eigenvalue weighted by molar-refractivity contribution is 5.80. The predicted molar refractivity (Wildman–Crippen MR) is 59.5 cm³/mol. The maximum atomic E-state index is 6.87. The molecule has 0 bridgehead atoms. The van der Waals surface area contributed by atoms with E-state index >= 15 is 0 Å². The van der Waals surface area contributed by atoms with E-state index in [1.54, 1.807) is 18.2 Å². The number of nitrogens with one attached hydrogen (secondary N) is 1. The minimum atomic E-state index is 0.393. The van der Waals surface area contributed by atoms with Crippen molar-refractivity contribution in [2.75, 3.05) is 6.61 Å². The number of ether oxygens (including phenoxy) is 1. The SMILES string of the molecule is C=CCOCc1ccc(/C(N)=C/C=N)o1. The van der Waals surface area contributed by atoms with Crippen molar-refractivity contribution in [3.05, 3.63) is 42.4 Å². The van der Waals surface area contributed by atoms with Gasteiger partial charge in [0, 0.05) is 6.21 Å². The summed E-state index contributed by atoms with van der Waals surface area (Å²) in [5.74, 6) is 1.25. The third-order valence-corrected chi connectivity index (χ3v) is 1.69. The van der Waals surface area contributed by atoms with Gasteiger partial charge < -0.3 is 20.3 Å². The Morgan fingerprint density at radius 1 is 1.60 bits per heavy atom. The molecule has 4 nitrogen and oxygen atoms in total. The van der Waals surface area contributed by atoms with Gasteiger partial charge in [-0.15, -0.1) is 6.58 Å². The van der Waals surface area contributed by atoms with Crippen molar-refractivity contribution in [1.82, 2.24) is 0 Å². The van der Waals surface area contributed by atoms with Crippen LogP contribution in [0.15, 0.2) is 35.3 Å². The molecule has 0 spiro atoms. The van der Waals surface area contributed by atoms with Gasteiger partial charge in [-0.3, -0.25) is 0 Å². The third kappa shape index (κ3) is 3.44. The Bertz CT molecular complexity index is 366. The molecule has 0 amide bonds. The fourth-order valence-corrected chi connectivity index (χ4v) is 1.03. The lowest BCUT2D eigenvalue weighted by Gasteiger charge is -1.97. The largest absolute Gasteiger partial charge is 0.457 e. The van der Waals surface area contributed by atoms with Gasteiger partial charge in [0.05, 0.1) is 12.3 Å². The molecule has 4 heteroatoms. The maximum Gasteiger partial charge on any atom is 0.150 e. The van der Waals surface area contributed by atoms with E-state index in [1.807, 2.05) is 0 Å². The van der Waals surface area contributed by atoms with Crippen LogP contribution in [0, 0.1) is 5.41 Å². The summed E-state index contributed by atoms with van der Waals surface area (Å²) in [6.07, 6.45) is 4.26. The van der Waals surface area contributed by atoms with Gasteiger partial charge in [0.1, 0.15) is 18.1 Å². The average Bonchev–Trinajstić information content (AvgIpc) is 2.67. The van der Waals surface area contributed by atoms with Gasteiger partial charge in [0.25, 0.3) is 0 Å². The van der Waals surface area contributed by atoms with Crippen molar-refractivity contribution < 1.29 is 9.15 Å². The lowest BCUT2D eigenvalue weighted by molar-refractivity contribution is 0.131. The minimum Gasteiger partial charge on any atom is -0.457 e. The number of nitrogens with two attached hydrogens (primary N) is 1. The summed E-state index contributed by atoms with van der Waals surface area (Å²) in [5.41, 5.74) is 6.06. The number of furan rings is 1. The normalized spacial score (nSPS) is 11.3. The fourth-order valence-electron chi connectivity index (χ4n) is 1.03. The van der Waals surface area contributed by atoms with Crippen LogP contribution in [0.4, 0.5) is 0 Å². The Hall–Kier alpha value is -1.81. The van der Waals surface area contributed by atoms with Crippen molar-refractivity contribution in [3.8, 4) is 0 Å². The van der Waals surface area contributed by atoms with Crippen LogP contribution >= 0.6 is 0 Å². The highest BCUT2D eigenvalue weighted by Gasteiger charge is 2.03. The molecule has 0 fully saturated rings. The van der Waals surface area contributed by atoms with Gasteiger partial charge in [-0.05, 0) is 18.2 Å². The van der Waals surface area contributed by atoms with Crippen LogP contribution in [0.1, 0.15) is 11.5 Å². The second-order valence-electron chi connectivity index (χ2n) is 2.86. The number of hydrogen-bond acceptors (Lipinski definition) is 4. The molecule has 0 aliphatic heterocycles. The van der Waals surface area contributed by atoms with Crippen LogP contribution in [0.5, 0.6) is 0 Å². The molecule has 80 valence electrons. The maximum absolute atomic E-state index is 6.87. The molecule has 1 aromatic heterocycles. The van der Waals surface area contributed by atoms with Crippen molar-refractivity contribution in [3.63, 3.8) is 0 Å².